The molecule has 0 bridgehead atoms. The van der Waals surface area contributed by atoms with Crippen LogP contribution in [-0.2, 0) is 17.6 Å². The number of nitro benzene ring substituents is 1. The van der Waals surface area contributed by atoms with Crippen molar-refractivity contribution >= 4 is 39.7 Å². The zero-order valence-electron chi connectivity index (χ0n) is 15.4. The third-order valence-electron chi connectivity index (χ3n) is 5.16. The van der Waals surface area contributed by atoms with Gasteiger partial charge in [0.2, 0.25) is 5.91 Å². The van der Waals surface area contributed by atoms with Gasteiger partial charge >= 0.3 is 0 Å². The summed E-state index contributed by atoms with van der Waals surface area (Å²) in [6.07, 6.45) is 3.87. The number of nitro groups is 1. The molecule has 1 aromatic carbocycles. The third-order valence-corrected chi connectivity index (χ3v) is 6.48. The molecule has 0 radical (unpaired) electrons. The maximum absolute atomic E-state index is 11.5. The zero-order chi connectivity index (χ0) is 20.3. The Labute approximate surface area is 174 Å². The molecule has 0 spiro atoms. The second-order valence-corrected chi connectivity index (χ2v) is 8.67. The van der Waals surface area contributed by atoms with Crippen molar-refractivity contribution < 1.29 is 9.72 Å². The topological polar surface area (TPSA) is 103 Å². The second kappa shape index (κ2) is 6.64. The molecule has 3 aromatic rings. The van der Waals surface area contributed by atoms with E-state index in [0.29, 0.717) is 16.7 Å². The number of benzene rings is 1. The van der Waals surface area contributed by atoms with Gasteiger partial charge in [0.25, 0.3) is 5.69 Å². The van der Waals surface area contributed by atoms with Gasteiger partial charge in [-0.2, -0.15) is 5.10 Å². The summed E-state index contributed by atoms with van der Waals surface area (Å²) < 4.78 is 1.83. The number of hydrogen-bond acceptors (Lipinski definition) is 6. The summed E-state index contributed by atoms with van der Waals surface area (Å²) in [5.74, 6) is 0.299. The maximum atomic E-state index is 11.5. The van der Waals surface area contributed by atoms with Crippen LogP contribution in [0.4, 0.5) is 10.8 Å². The fourth-order valence-corrected chi connectivity index (χ4v) is 5.11. The van der Waals surface area contributed by atoms with Crippen molar-refractivity contribution in [3.8, 4) is 16.3 Å². The van der Waals surface area contributed by atoms with Crippen LogP contribution in [0.5, 0.6) is 0 Å². The Bertz CT molecular complexity index is 1180. The number of nitrogens with zero attached hydrogens (tertiary/aromatic N) is 4. The number of anilines is 1. The van der Waals surface area contributed by atoms with Crippen LogP contribution in [0.15, 0.2) is 18.2 Å². The third kappa shape index (κ3) is 3.10. The van der Waals surface area contributed by atoms with Crippen molar-refractivity contribution in [3.63, 3.8) is 0 Å². The Hall–Kier alpha value is -2.78. The first-order chi connectivity index (χ1) is 13.9. The van der Waals surface area contributed by atoms with Gasteiger partial charge < -0.3 is 5.32 Å². The highest BCUT2D eigenvalue weighted by atomic mass is 35.5. The smallest absolute Gasteiger partial charge is 0.288 e. The number of carbonyl (C=O) groups is 1. The van der Waals surface area contributed by atoms with Gasteiger partial charge in [0.05, 0.1) is 32.6 Å². The van der Waals surface area contributed by atoms with Gasteiger partial charge in [-0.05, 0) is 37.8 Å². The van der Waals surface area contributed by atoms with E-state index in [4.69, 9.17) is 16.7 Å². The van der Waals surface area contributed by atoms with E-state index in [2.05, 4.69) is 10.3 Å². The molecule has 148 valence electrons. The number of carbonyl (C=O) groups excluding carboxylic acids is 1. The molecule has 1 saturated carbocycles. The standard InChI is InChI=1S/C19H16ClN5O3S/c1-9(26)21-19-22-14-6-5-12-16(10-2-3-10)23-24(17(12)18(14)29-19)11-4-7-15(25(27)28)13(20)8-11/h4,7-8,10H,2-3,5-6H2,1H3,(H,21,22,26). The Morgan fingerprint density at radius 3 is 2.83 bits per heavy atom. The lowest BCUT2D eigenvalue weighted by atomic mass is 9.96. The van der Waals surface area contributed by atoms with E-state index < -0.39 is 4.92 Å². The lowest BCUT2D eigenvalue weighted by molar-refractivity contribution is -0.384. The molecule has 2 heterocycles. The lowest BCUT2D eigenvalue weighted by Gasteiger charge is -2.14. The van der Waals surface area contributed by atoms with Crippen LogP contribution in [0.25, 0.3) is 16.3 Å². The summed E-state index contributed by atoms with van der Waals surface area (Å²) in [5.41, 5.74) is 4.72. The van der Waals surface area contributed by atoms with Crippen LogP contribution in [-0.4, -0.2) is 25.6 Å². The van der Waals surface area contributed by atoms with Crippen LogP contribution in [0.1, 0.15) is 42.6 Å². The summed E-state index contributed by atoms with van der Waals surface area (Å²) in [7, 11) is 0. The van der Waals surface area contributed by atoms with Gasteiger partial charge in [-0.15, -0.1) is 0 Å². The Morgan fingerprint density at radius 2 is 2.17 bits per heavy atom. The highest BCUT2D eigenvalue weighted by Crippen LogP contribution is 2.48. The number of thiazole rings is 1. The van der Waals surface area contributed by atoms with Gasteiger partial charge in [-0.25, -0.2) is 9.67 Å². The maximum Gasteiger partial charge on any atom is 0.288 e. The van der Waals surface area contributed by atoms with Gasteiger partial charge in [0, 0.05) is 24.5 Å². The molecule has 0 saturated heterocycles. The van der Waals surface area contributed by atoms with Gasteiger partial charge in [-0.1, -0.05) is 22.9 Å². The van der Waals surface area contributed by atoms with Crippen molar-refractivity contribution in [2.45, 2.75) is 38.5 Å². The molecule has 1 N–H and O–H groups in total. The average molecular weight is 430 g/mol. The van der Waals surface area contributed by atoms with E-state index in [1.807, 2.05) is 4.68 Å². The Morgan fingerprint density at radius 1 is 1.38 bits per heavy atom. The van der Waals surface area contributed by atoms with E-state index in [0.717, 1.165) is 47.6 Å². The first kappa shape index (κ1) is 18.3. The molecule has 5 rings (SSSR count). The number of aryl methyl sites for hydroxylation is 1. The minimum atomic E-state index is -0.499. The fraction of sp³-hybridized carbons (Fsp3) is 0.316. The van der Waals surface area contributed by atoms with Crippen molar-refractivity contribution in [2.75, 3.05) is 5.32 Å². The highest BCUT2D eigenvalue weighted by Gasteiger charge is 2.36. The Balaban J connectivity index is 1.68. The van der Waals surface area contributed by atoms with E-state index in [-0.39, 0.29) is 16.6 Å². The monoisotopic (exact) mass is 429 g/mol. The van der Waals surface area contributed by atoms with Crippen LogP contribution < -0.4 is 5.32 Å². The molecule has 0 atom stereocenters. The summed E-state index contributed by atoms with van der Waals surface area (Å²) in [5, 5.41) is 19.4. The summed E-state index contributed by atoms with van der Waals surface area (Å²) in [4.78, 5) is 27.6. The van der Waals surface area contributed by atoms with E-state index >= 15 is 0 Å². The largest absolute Gasteiger partial charge is 0.302 e. The molecule has 2 aliphatic rings. The fourth-order valence-electron chi connectivity index (χ4n) is 3.75. The van der Waals surface area contributed by atoms with Crippen molar-refractivity contribution in [2.24, 2.45) is 0 Å². The quantitative estimate of drug-likeness (QED) is 0.486. The minimum Gasteiger partial charge on any atom is -0.302 e. The summed E-state index contributed by atoms with van der Waals surface area (Å²) >= 11 is 7.59. The first-order valence-corrected chi connectivity index (χ1v) is 10.5. The normalized spacial score (nSPS) is 15.0. The average Bonchev–Trinajstić information content (AvgIpc) is 3.30. The first-order valence-electron chi connectivity index (χ1n) is 9.26. The van der Waals surface area contributed by atoms with Gasteiger partial charge in [-0.3, -0.25) is 14.9 Å². The van der Waals surface area contributed by atoms with Crippen LogP contribution in [0.3, 0.4) is 0 Å². The van der Waals surface area contributed by atoms with Gasteiger partial charge in [0.15, 0.2) is 5.13 Å². The molecule has 0 unspecified atom stereocenters. The summed E-state index contributed by atoms with van der Waals surface area (Å²) in [6.45, 7) is 1.46. The predicted molar refractivity (Wildman–Crippen MR) is 110 cm³/mol. The van der Waals surface area contributed by atoms with Crippen molar-refractivity contribution in [1.82, 2.24) is 14.8 Å². The number of amides is 1. The lowest BCUT2D eigenvalue weighted by Crippen LogP contribution is -2.07. The molecular formula is C19H16ClN5O3S. The van der Waals surface area contributed by atoms with Gasteiger partial charge in [0.1, 0.15) is 5.02 Å². The molecule has 0 aliphatic heterocycles. The molecule has 2 aromatic heterocycles. The van der Waals surface area contributed by atoms with E-state index in [1.54, 1.807) is 12.1 Å². The molecule has 2 aliphatic carbocycles. The predicted octanol–water partition coefficient (Wildman–Crippen LogP) is 4.49. The Kier molecular flexibility index (Phi) is 4.18. The molecule has 8 nitrogen and oxygen atoms in total. The zero-order valence-corrected chi connectivity index (χ0v) is 17.0. The second-order valence-electron chi connectivity index (χ2n) is 7.27. The van der Waals surface area contributed by atoms with Crippen molar-refractivity contribution in [1.29, 1.82) is 0 Å². The molecule has 10 heteroatoms. The highest BCUT2D eigenvalue weighted by molar-refractivity contribution is 7.19. The molecule has 1 fully saturated rings. The minimum absolute atomic E-state index is 0.0731. The number of hydrogen-bond donors (Lipinski definition) is 1. The molecule has 29 heavy (non-hydrogen) atoms. The molecular weight excluding hydrogens is 414 g/mol. The number of rotatable bonds is 4. The number of fused-ring (bicyclic) bond motifs is 3. The number of halogens is 1. The number of nitrogens with one attached hydrogen (secondary N) is 1. The van der Waals surface area contributed by atoms with Crippen LogP contribution in [0.2, 0.25) is 5.02 Å². The SMILES string of the molecule is CC(=O)Nc1nc2c(s1)-c1c(c(C3CC3)nn1-c1ccc([N+](=O)[O-])c(Cl)c1)CC2. The van der Waals surface area contributed by atoms with E-state index in [1.165, 1.54) is 29.9 Å². The number of aromatic nitrogens is 3. The van der Waals surface area contributed by atoms with Crippen molar-refractivity contribution in [3.05, 3.63) is 50.3 Å². The summed E-state index contributed by atoms with van der Waals surface area (Å²) in [6, 6.07) is 4.65. The van der Waals surface area contributed by atoms with Crippen LogP contribution in [0, 0.1) is 10.1 Å². The van der Waals surface area contributed by atoms with E-state index in [9.17, 15) is 14.9 Å². The molecule has 1 amide bonds. The van der Waals surface area contributed by atoms with Crippen LogP contribution >= 0.6 is 22.9 Å².